The first kappa shape index (κ1) is 9.28. The molecule has 1 atom stereocenters. The van der Waals surface area contributed by atoms with Crippen LogP contribution in [-0.2, 0) is 6.42 Å². The molecular formula is C12H16N2. The molecule has 2 N–H and O–H groups in total. The molecular weight excluding hydrogens is 172 g/mol. The van der Waals surface area contributed by atoms with Crippen LogP contribution in [0.25, 0.3) is 5.52 Å². The summed E-state index contributed by atoms with van der Waals surface area (Å²) in [6.45, 7) is 4.19. The summed E-state index contributed by atoms with van der Waals surface area (Å²) >= 11 is 0. The summed E-state index contributed by atoms with van der Waals surface area (Å²) in [6, 6.07) is 8.66. The predicted molar refractivity (Wildman–Crippen MR) is 59.5 cm³/mol. The Morgan fingerprint density at radius 3 is 2.93 bits per heavy atom. The van der Waals surface area contributed by atoms with Gasteiger partial charge < -0.3 is 10.1 Å². The Hall–Kier alpha value is -1.28. The maximum absolute atomic E-state index is 5.83. The van der Waals surface area contributed by atoms with Gasteiger partial charge in [-0.3, -0.25) is 0 Å². The second-order valence-electron chi connectivity index (χ2n) is 3.95. The average Bonchev–Trinajstić information content (AvgIpc) is 2.43. The van der Waals surface area contributed by atoms with Gasteiger partial charge in [0.1, 0.15) is 0 Å². The van der Waals surface area contributed by atoms with Crippen LogP contribution in [0.4, 0.5) is 0 Å². The van der Waals surface area contributed by atoms with E-state index in [4.69, 9.17) is 5.73 Å². The molecule has 0 saturated heterocycles. The normalized spacial score (nSPS) is 13.4. The number of nitrogens with two attached hydrogens (primary N) is 1. The fraction of sp³-hybridized carbons (Fsp3) is 0.333. The van der Waals surface area contributed by atoms with E-state index in [0.29, 0.717) is 0 Å². The van der Waals surface area contributed by atoms with E-state index in [1.807, 2.05) is 6.92 Å². The van der Waals surface area contributed by atoms with Gasteiger partial charge in [-0.2, -0.15) is 0 Å². The molecule has 2 heteroatoms. The highest BCUT2D eigenvalue weighted by atomic mass is 14.9. The predicted octanol–water partition coefficient (Wildman–Crippen LogP) is 2.14. The van der Waals surface area contributed by atoms with Crippen molar-refractivity contribution in [1.29, 1.82) is 0 Å². The Labute approximate surface area is 84.3 Å². The van der Waals surface area contributed by atoms with Gasteiger partial charge in [-0.1, -0.05) is 6.07 Å². The molecule has 2 rings (SSSR count). The maximum Gasteiger partial charge on any atom is 0.0455 e. The Kier molecular flexibility index (Phi) is 2.30. The van der Waals surface area contributed by atoms with Gasteiger partial charge in [0.25, 0.3) is 0 Å². The fourth-order valence-corrected chi connectivity index (χ4v) is 1.88. The van der Waals surface area contributed by atoms with Crippen molar-refractivity contribution in [3.63, 3.8) is 0 Å². The van der Waals surface area contributed by atoms with Crippen molar-refractivity contribution >= 4 is 5.52 Å². The Balaban J connectivity index is 2.56. The lowest BCUT2D eigenvalue weighted by Gasteiger charge is -2.07. The molecule has 0 aliphatic heterocycles. The number of aromatic nitrogens is 1. The summed E-state index contributed by atoms with van der Waals surface area (Å²) in [5.74, 6) is 0. The third-order valence-electron chi connectivity index (χ3n) is 2.52. The second-order valence-corrected chi connectivity index (χ2v) is 3.95. The first-order valence-corrected chi connectivity index (χ1v) is 4.99. The summed E-state index contributed by atoms with van der Waals surface area (Å²) in [4.78, 5) is 0. The monoisotopic (exact) mass is 188 g/mol. The molecule has 1 unspecified atom stereocenters. The summed E-state index contributed by atoms with van der Waals surface area (Å²) in [5.41, 5.74) is 9.74. The van der Waals surface area contributed by atoms with Gasteiger partial charge in [-0.25, -0.2) is 0 Å². The number of hydrogen-bond acceptors (Lipinski definition) is 1. The van der Waals surface area contributed by atoms with E-state index in [1.54, 1.807) is 0 Å². The van der Waals surface area contributed by atoms with Gasteiger partial charge in [-0.05, 0) is 37.6 Å². The first-order chi connectivity index (χ1) is 6.68. The number of nitrogens with zero attached hydrogens (tertiary/aromatic N) is 1. The number of pyridine rings is 1. The molecule has 0 saturated carbocycles. The molecule has 0 aromatic carbocycles. The van der Waals surface area contributed by atoms with Gasteiger partial charge in [0.15, 0.2) is 0 Å². The van der Waals surface area contributed by atoms with Crippen LogP contribution in [0.2, 0.25) is 0 Å². The fourth-order valence-electron chi connectivity index (χ4n) is 1.88. The van der Waals surface area contributed by atoms with Crippen LogP contribution < -0.4 is 5.73 Å². The van der Waals surface area contributed by atoms with E-state index in [0.717, 1.165) is 6.42 Å². The summed E-state index contributed by atoms with van der Waals surface area (Å²) in [5, 5.41) is 0. The summed E-state index contributed by atoms with van der Waals surface area (Å²) < 4.78 is 2.22. The van der Waals surface area contributed by atoms with Crippen LogP contribution in [0.15, 0.2) is 30.5 Å². The van der Waals surface area contributed by atoms with Crippen molar-refractivity contribution in [2.75, 3.05) is 0 Å². The minimum absolute atomic E-state index is 0.215. The zero-order valence-corrected chi connectivity index (χ0v) is 8.70. The molecule has 2 nitrogen and oxygen atoms in total. The SMILES string of the molecule is Cc1cc2ccccn2c1CC(C)N. The van der Waals surface area contributed by atoms with Gasteiger partial charge in [0, 0.05) is 29.9 Å². The van der Waals surface area contributed by atoms with Crippen LogP contribution in [0, 0.1) is 6.92 Å². The highest BCUT2D eigenvalue weighted by molar-refractivity contribution is 5.53. The lowest BCUT2D eigenvalue weighted by Crippen LogP contribution is -2.19. The molecule has 2 heterocycles. The first-order valence-electron chi connectivity index (χ1n) is 4.99. The lowest BCUT2D eigenvalue weighted by molar-refractivity contribution is 0.714. The molecule has 0 bridgehead atoms. The standard InChI is InChI=1S/C12H16N2/c1-9-7-11-5-3-4-6-14(11)12(9)8-10(2)13/h3-7,10H,8,13H2,1-2H3. The van der Waals surface area contributed by atoms with Crippen LogP contribution in [-0.4, -0.2) is 10.4 Å². The largest absolute Gasteiger partial charge is 0.328 e. The molecule has 0 spiro atoms. The van der Waals surface area contributed by atoms with E-state index in [2.05, 4.69) is 41.8 Å². The molecule has 0 fully saturated rings. The molecule has 0 aliphatic rings. The quantitative estimate of drug-likeness (QED) is 0.769. The Morgan fingerprint density at radius 1 is 1.43 bits per heavy atom. The van der Waals surface area contributed by atoms with Crippen LogP contribution in [0.1, 0.15) is 18.2 Å². The topological polar surface area (TPSA) is 30.4 Å². The van der Waals surface area contributed by atoms with E-state index >= 15 is 0 Å². The van der Waals surface area contributed by atoms with Crippen molar-refractivity contribution < 1.29 is 0 Å². The van der Waals surface area contributed by atoms with Gasteiger partial charge in [-0.15, -0.1) is 0 Å². The molecule has 0 aliphatic carbocycles. The molecule has 74 valence electrons. The lowest BCUT2D eigenvalue weighted by atomic mass is 10.1. The Bertz CT molecular complexity index is 441. The second kappa shape index (κ2) is 3.46. The number of rotatable bonds is 2. The van der Waals surface area contributed by atoms with Crippen molar-refractivity contribution in [2.24, 2.45) is 5.73 Å². The summed E-state index contributed by atoms with van der Waals surface area (Å²) in [7, 11) is 0. The smallest absolute Gasteiger partial charge is 0.0455 e. The van der Waals surface area contributed by atoms with Crippen LogP contribution in [0.3, 0.4) is 0 Å². The van der Waals surface area contributed by atoms with E-state index < -0.39 is 0 Å². The van der Waals surface area contributed by atoms with E-state index in [1.165, 1.54) is 16.8 Å². The molecule has 2 aromatic rings. The zero-order valence-electron chi connectivity index (χ0n) is 8.70. The van der Waals surface area contributed by atoms with Gasteiger partial charge >= 0.3 is 0 Å². The van der Waals surface area contributed by atoms with E-state index in [9.17, 15) is 0 Å². The number of fused-ring (bicyclic) bond motifs is 1. The minimum Gasteiger partial charge on any atom is -0.328 e. The average molecular weight is 188 g/mol. The van der Waals surface area contributed by atoms with Gasteiger partial charge in [0.05, 0.1) is 0 Å². The third-order valence-corrected chi connectivity index (χ3v) is 2.52. The maximum atomic E-state index is 5.83. The van der Waals surface area contributed by atoms with Crippen LogP contribution >= 0.6 is 0 Å². The van der Waals surface area contributed by atoms with Crippen molar-refractivity contribution in [1.82, 2.24) is 4.40 Å². The van der Waals surface area contributed by atoms with Gasteiger partial charge in [0.2, 0.25) is 0 Å². The van der Waals surface area contributed by atoms with Crippen molar-refractivity contribution in [3.05, 3.63) is 41.7 Å². The summed E-state index contributed by atoms with van der Waals surface area (Å²) in [6.07, 6.45) is 3.03. The molecule has 2 aromatic heterocycles. The minimum atomic E-state index is 0.215. The molecule has 0 radical (unpaired) electrons. The molecule has 0 amide bonds. The highest BCUT2D eigenvalue weighted by Gasteiger charge is 2.07. The van der Waals surface area contributed by atoms with E-state index in [-0.39, 0.29) is 6.04 Å². The van der Waals surface area contributed by atoms with Crippen molar-refractivity contribution in [2.45, 2.75) is 26.3 Å². The van der Waals surface area contributed by atoms with Crippen molar-refractivity contribution in [3.8, 4) is 0 Å². The number of hydrogen-bond donors (Lipinski definition) is 1. The Morgan fingerprint density at radius 2 is 2.21 bits per heavy atom. The van der Waals surface area contributed by atoms with Crippen LogP contribution in [0.5, 0.6) is 0 Å². The number of aryl methyl sites for hydroxylation is 1. The highest BCUT2D eigenvalue weighted by Crippen LogP contribution is 2.16. The molecule has 14 heavy (non-hydrogen) atoms. The zero-order chi connectivity index (χ0) is 10.1. The third kappa shape index (κ3) is 1.53.